The fourth-order valence-electron chi connectivity index (χ4n) is 2.81. The molecule has 0 saturated carbocycles. The maximum atomic E-state index is 5.77. The summed E-state index contributed by atoms with van der Waals surface area (Å²) in [6.45, 7) is 12.9. The summed E-state index contributed by atoms with van der Waals surface area (Å²) in [5.41, 5.74) is 1.35. The van der Waals surface area contributed by atoms with Crippen molar-refractivity contribution >= 4 is 0 Å². The van der Waals surface area contributed by atoms with Crippen LogP contribution < -0.4 is 0 Å². The third-order valence-electron chi connectivity index (χ3n) is 4.79. The van der Waals surface area contributed by atoms with Gasteiger partial charge in [-0.15, -0.1) is 0 Å². The maximum Gasteiger partial charge on any atom is 0.0704 e. The molecule has 0 fully saturated rings. The lowest BCUT2D eigenvalue weighted by Gasteiger charge is -2.08. The molecule has 0 aliphatic rings. The molecular formula is C28H50O5. The fraction of sp³-hybridized carbons (Fsp3) is 0.714. The Morgan fingerprint density at radius 3 is 1.82 bits per heavy atom. The van der Waals surface area contributed by atoms with Gasteiger partial charge in [-0.3, -0.25) is 0 Å². The molecule has 0 saturated heterocycles. The third-order valence-corrected chi connectivity index (χ3v) is 4.79. The van der Waals surface area contributed by atoms with Gasteiger partial charge >= 0.3 is 0 Å². The lowest BCUT2D eigenvalue weighted by Crippen LogP contribution is -2.12. The molecule has 0 heterocycles. The zero-order valence-corrected chi connectivity index (χ0v) is 21.6. The molecule has 33 heavy (non-hydrogen) atoms. The molecule has 0 atom stereocenters. The van der Waals surface area contributed by atoms with Crippen molar-refractivity contribution in [3.63, 3.8) is 0 Å². The largest absolute Gasteiger partial charge is 0.379 e. The fourth-order valence-corrected chi connectivity index (χ4v) is 2.81. The summed E-state index contributed by atoms with van der Waals surface area (Å²) in [6.07, 6.45) is 22.6. The second-order valence-corrected chi connectivity index (χ2v) is 7.67. The van der Waals surface area contributed by atoms with E-state index in [0.717, 1.165) is 64.8 Å². The molecule has 0 rings (SSSR count). The van der Waals surface area contributed by atoms with Gasteiger partial charge in [0.05, 0.1) is 52.9 Å². The Morgan fingerprint density at radius 2 is 1.18 bits per heavy atom. The van der Waals surface area contributed by atoms with Crippen molar-refractivity contribution in [2.75, 3.05) is 66.1 Å². The molecular weight excluding hydrogens is 416 g/mol. The quantitative estimate of drug-likeness (QED) is 0.114. The molecule has 0 aliphatic heterocycles. The average molecular weight is 467 g/mol. The third kappa shape index (κ3) is 26.9. The van der Waals surface area contributed by atoms with Crippen molar-refractivity contribution in [1.29, 1.82) is 0 Å². The van der Waals surface area contributed by atoms with Gasteiger partial charge in [-0.2, -0.15) is 0 Å². The first-order chi connectivity index (χ1) is 16.3. The summed E-state index contributed by atoms with van der Waals surface area (Å²) in [4.78, 5) is 0. The van der Waals surface area contributed by atoms with Gasteiger partial charge in [-0.05, 0) is 64.4 Å². The van der Waals surface area contributed by atoms with Gasteiger partial charge in [0.2, 0.25) is 0 Å². The van der Waals surface area contributed by atoms with E-state index < -0.39 is 0 Å². The van der Waals surface area contributed by atoms with E-state index in [1.807, 2.05) is 6.92 Å². The van der Waals surface area contributed by atoms with Gasteiger partial charge in [0.25, 0.3) is 0 Å². The van der Waals surface area contributed by atoms with Gasteiger partial charge in [-0.1, -0.05) is 49.5 Å². The van der Waals surface area contributed by atoms with Gasteiger partial charge in [0.1, 0.15) is 0 Å². The highest BCUT2D eigenvalue weighted by Crippen LogP contribution is 2.05. The van der Waals surface area contributed by atoms with E-state index >= 15 is 0 Å². The van der Waals surface area contributed by atoms with E-state index in [9.17, 15) is 0 Å². The van der Waals surface area contributed by atoms with Crippen LogP contribution >= 0.6 is 0 Å². The summed E-state index contributed by atoms with van der Waals surface area (Å²) in [6, 6.07) is 0. The van der Waals surface area contributed by atoms with Gasteiger partial charge < -0.3 is 23.7 Å². The molecule has 192 valence electrons. The summed E-state index contributed by atoms with van der Waals surface area (Å²) in [7, 11) is 0. The van der Waals surface area contributed by atoms with Gasteiger partial charge in [-0.25, -0.2) is 0 Å². The molecule has 0 N–H and O–H groups in total. The zero-order chi connectivity index (χ0) is 24.1. The summed E-state index contributed by atoms with van der Waals surface area (Å²) in [5, 5.41) is 0. The van der Waals surface area contributed by atoms with E-state index in [2.05, 4.69) is 56.4 Å². The van der Waals surface area contributed by atoms with Crippen LogP contribution in [0, 0.1) is 0 Å². The van der Waals surface area contributed by atoms with Gasteiger partial charge in [0.15, 0.2) is 0 Å². The first-order valence-corrected chi connectivity index (χ1v) is 12.8. The normalized spacial score (nSPS) is 12.8. The van der Waals surface area contributed by atoms with E-state index in [-0.39, 0.29) is 0 Å². The van der Waals surface area contributed by atoms with Crippen LogP contribution in [0.4, 0.5) is 0 Å². The molecule has 0 spiro atoms. The minimum atomic E-state index is 0.590. The van der Waals surface area contributed by atoms with E-state index in [4.69, 9.17) is 23.7 Å². The Labute approximate surface area is 203 Å². The number of hydrogen-bond acceptors (Lipinski definition) is 5. The summed E-state index contributed by atoms with van der Waals surface area (Å²) in [5.74, 6) is 0. The Kier molecular flexibility index (Phi) is 27.7. The number of hydrogen-bond donors (Lipinski definition) is 0. The van der Waals surface area contributed by atoms with Gasteiger partial charge in [0, 0.05) is 13.2 Å². The van der Waals surface area contributed by atoms with Crippen LogP contribution in [0.2, 0.25) is 0 Å². The Morgan fingerprint density at radius 1 is 0.576 bits per heavy atom. The smallest absolute Gasteiger partial charge is 0.0704 e. The molecule has 0 unspecified atom stereocenters. The van der Waals surface area contributed by atoms with Crippen molar-refractivity contribution in [2.45, 2.75) is 65.7 Å². The van der Waals surface area contributed by atoms with Crippen LogP contribution in [0.1, 0.15) is 65.7 Å². The predicted octanol–water partition coefficient (Wildman–Crippen LogP) is 6.45. The highest BCUT2D eigenvalue weighted by Gasteiger charge is 1.96. The second-order valence-electron chi connectivity index (χ2n) is 7.67. The molecule has 0 aromatic carbocycles. The van der Waals surface area contributed by atoms with Crippen molar-refractivity contribution in [2.24, 2.45) is 0 Å². The maximum absolute atomic E-state index is 5.77. The molecule has 0 aromatic rings. The average Bonchev–Trinajstić information content (AvgIpc) is 2.83. The highest BCUT2D eigenvalue weighted by molar-refractivity contribution is 5.06. The second kappa shape index (κ2) is 28.8. The molecule has 0 aliphatic carbocycles. The molecule has 0 amide bonds. The van der Waals surface area contributed by atoms with Crippen molar-refractivity contribution in [3.8, 4) is 0 Å². The first kappa shape index (κ1) is 31.8. The number of unbranched alkanes of at least 4 members (excludes halogenated alkanes) is 3. The van der Waals surface area contributed by atoms with Crippen LogP contribution in [0.5, 0.6) is 0 Å². The highest BCUT2D eigenvalue weighted by atomic mass is 16.6. The van der Waals surface area contributed by atoms with Crippen LogP contribution in [0.3, 0.4) is 0 Å². The SMILES string of the molecule is C/C=C\CC/C=C/COCCOCCOCCOCCCCCOC/C(=C/C)C/C=C\CC. The lowest BCUT2D eigenvalue weighted by molar-refractivity contribution is 0.000384. The topological polar surface area (TPSA) is 46.2 Å². The van der Waals surface area contributed by atoms with Crippen LogP contribution in [0.25, 0.3) is 0 Å². The number of allylic oxidation sites excluding steroid dienone is 6. The van der Waals surface area contributed by atoms with Crippen molar-refractivity contribution in [1.82, 2.24) is 0 Å². The zero-order valence-electron chi connectivity index (χ0n) is 21.6. The Hall–Kier alpha value is -1.24. The van der Waals surface area contributed by atoms with E-state index in [0.29, 0.717) is 46.2 Å². The Bertz CT molecular complexity index is 497. The molecule has 0 aromatic heterocycles. The standard InChI is InChI=1S/C28H50O5/c1-4-7-9-10-11-14-18-29-21-23-31-25-26-32-24-22-30-19-15-12-16-20-33-27-28(6-3)17-13-8-5-2/h4,6-8,11,13-14H,5,9-10,12,15-27H2,1-3H3/b7-4-,13-8-,14-11+,28-6+. The van der Waals surface area contributed by atoms with Crippen molar-refractivity contribution in [3.05, 3.63) is 48.1 Å². The molecule has 5 nitrogen and oxygen atoms in total. The van der Waals surface area contributed by atoms with Crippen LogP contribution in [-0.4, -0.2) is 66.1 Å². The van der Waals surface area contributed by atoms with Crippen molar-refractivity contribution < 1.29 is 23.7 Å². The molecule has 0 radical (unpaired) electrons. The minimum Gasteiger partial charge on any atom is -0.379 e. The summed E-state index contributed by atoms with van der Waals surface area (Å²) < 4.78 is 27.9. The minimum absolute atomic E-state index is 0.590. The lowest BCUT2D eigenvalue weighted by atomic mass is 10.2. The monoisotopic (exact) mass is 466 g/mol. The van der Waals surface area contributed by atoms with Crippen LogP contribution in [-0.2, 0) is 23.7 Å². The van der Waals surface area contributed by atoms with E-state index in [1.54, 1.807) is 0 Å². The summed E-state index contributed by atoms with van der Waals surface area (Å²) >= 11 is 0. The van der Waals surface area contributed by atoms with E-state index in [1.165, 1.54) is 5.57 Å². The molecule has 0 bridgehead atoms. The number of rotatable bonds is 25. The molecule has 5 heteroatoms. The number of ether oxygens (including phenoxy) is 5. The van der Waals surface area contributed by atoms with Crippen LogP contribution in [0.15, 0.2) is 48.1 Å². The Balaban J connectivity index is 3.20. The predicted molar refractivity (Wildman–Crippen MR) is 139 cm³/mol. The first-order valence-electron chi connectivity index (χ1n) is 12.8.